The van der Waals surface area contributed by atoms with Crippen LogP contribution in [0.5, 0.6) is 0 Å². The van der Waals surface area contributed by atoms with Crippen molar-refractivity contribution in [3.05, 3.63) is 52.9 Å². The SMILES string of the molecule is CN(C(=O)c1ccco1)c1ccc(C(F)(F)F)cc1Cl. The van der Waals surface area contributed by atoms with Gasteiger partial charge >= 0.3 is 6.18 Å². The van der Waals surface area contributed by atoms with E-state index in [1.54, 1.807) is 0 Å². The quantitative estimate of drug-likeness (QED) is 0.832. The van der Waals surface area contributed by atoms with Crippen molar-refractivity contribution in [1.82, 2.24) is 0 Å². The summed E-state index contributed by atoms with van der Waals surface area (Å²) in [5, 5.41) is -0.165. The van der Waals surface area contributed by atoms with Crippen molar-refractivity contribution < 1.29 is 22.4 Å². The lowest BCUT2D eigenvalue weighted by Crippen LogP contribution is -2.26. The molecule has 0 radical (unpaired) electrons. The largest absolute Gasteiger partial charge is 0.459 e. The molecule has 0 saturated heterocycles. The first-order valence-corrected chi connectivity index (χ1v) is 5.87. The fraction of sp³-hybridized carbons (Fsp3) is 0.154. The Balaban J connectivity index is 2.32. The van der Waals surface area contributed by atoms with Gasteiger partial charge < -0.3 is 9.32 Å². The van der Waals surface area contributed by atoms with Gasteiger partial charge in [0, 0.05) is 7.05 Å². The first kappa shape index (κ1) is 14.5. The highest BCUT2D eigenvalue weighted by molar-refractivity contribution is 6.34. The molecular weight excluding hydrogens is 295 g/mol. The smallest absolute Gasteiger partial charge is 0.416 e. The highest BCUT2D eigenvalue weighted by atomic mass is 35.5. The minimum atomic E-state index is -4.48. The van der Waals surface area contributed by atoms with Gasteiger partial charge in [0.15, 0.2) is 5.76 Å². The lowest BCUT2D eigenvalue weighted by Gasteiger charge is -2.18. The maximum absolute atomic E-state index is 12.5. The highest BCUT2D eigenvalue weighted by Crippen LogP contribution is 2.35. The van der Waals surface area contributed by atoms with E-state index in [0.29, 0.717) is 0 Å². The Morgan fingerprint density at radius 3 is 2.50 bits per heavy atom. The number of halogens is 4. The summed E-state index contributed by atoms with van der Waals surface area (Å²) in [6, 6.07) is 5.79. The Morgan fingerprint density at radius 2 is 2.00 bits per heavy atom. The normalized spacial score (nSPS) is 11.4. The molecule has 0 bridgehead atoms. The van der Waals surface area contributed by atoms with E-state index in [1.165, 1.54) is 25.4 Å². The fourth-order valence-electron chi connectivity index (χ4n) is 1.63. The molecule has 0 saturated carbocycles. The number of furan rings is 1. The van der Waals surface area contributed by atoms with Gasteiger partial charge in [-0.05, 0) is 30.3 Å². The lowest BCUT2D eigenvalue weighted by atomic mass is 10.2. The zero-order valence-corrected chi connectivity index (χ0v) is 11.0. The van der Waals surface area contributed by atoms with Crippen LogP contribution in [0, 0.1) is 0 Å². The summed E-state index contributed by atoms with van der Waals surface area (Å²) < 4.78 is 42.5. The molecule has 1 aromatic carbocycles. The number of anilines is 1. The van der Waals surface area contributed by atoms with E-state index < -0.39 is 17.6 Å². The Kier molecular flexibility index (Phi) is 3.76. The second kappa shape index (κ2) is 5.20. The van der Waals surface area contributed by atoms with Gasteiger partial charge in [-0.15, -0.1) is 0 Å². The first-order valence-electron chi connectivity index (χ1n) is 5.49. The van der Waals surface area contributed by atoms with Crippen molar-refractivity contribution in [3.63, 3.8) is 0 Å². The van der Waals surface area contributed by atoms with Crippen molar-refractivity contribution in [2.24, 2.45) is 0 Å². The monoisotopic (exact) mass is 303 g/mol. The molecule has 0 spiro atoms. The third-order valence-corrected chi connectivity index (χ3v) is 2.98. The minimum absolute atomic E-state index is 0.0727. The van der Waals surface area contributed by atoms with Crippen LogP contribution >= 0.6 is 11.6 Å². The first-order chi connectivity index (χ1) is 9.30. The molecule has 0 fully saturated rings. The van der Waals surface area contributed by atoms with Crippen molar-refractivity contribution in [3.8, 4) is 0 Å². The molecule has 2 rings (SSSR count). The van der Waals surface area contributed by atoms with Gasteiger partial charge in [-0.3, -0.25) is 4.79 Å². The van der Waals surface area contributed by atoms with E-state index in [4.69, 9.17) is 16.0 Å². The Labute approximate surface area is 117 Å². The molecule has 2 aromatic rings. The summed E-state index contributed by atoms with van der Waals surface area (Å²) in [5.41, 5.74) is -0.703. The van der Waals surface area contributed by atoms with Crippen LogP contribution in [0.3, 0.4) is 0 Å². The van der Waals surface area contributed by atoms with Crippen LogP contribution in [0.2, 0.25) is 5.02 Å². The minimum Gasteiger partial charge on any atom is -0.459 e. The predicted molar refractivity (Wildman–Crippen MR) is 67.9 cm³/mol. The van der Waals surface area contributed by atoms with Crippen LogP contribution in [-0.4, -0.2) is 13.0 Å². The van der Waals surface area contributed by atoms with Crippen molar-refractivity contribution in [2.45, 2.75) is 6.18 Å². The maximum Gasteiger partial charge on any atom is 0.416 e. The van der Waals surface area contributed by atoms with Crippen LogP contribution in [0.1, 0.15) is 16.1 Å². The van der Waals surface area contributed by atoms with Gasteiger partial charge in [-0.2, -0.15) is 13.2 Å². The third kappa shape index (κ3) is 2.80. The zero-order chi connectivity index (χ0) is 14.9. The van der Waals surface area contributed by atoms with Gasteiger partial charge in [0.1, 0.15) is 0 Å². The molecular formula is C13H9ClF3NO2. The van der Waals surface area contributed by atoms with Gasteiger partial charge in [0.25, 0.3) is 5.91 Å². The summed E-state index contributed by atoms with van der Waals surface area (Å²) in [5.74, 6) is -0.430. The average Bonchev–Trinajstić information content (AvgIpc) is 2.89. The molecule has 0 aliphatic heterocycles. The van der Waals surface area contributed by atoms with Gasteiger partial charge in [-0.1, -0.05) is 11.6 Å². The van der Waals surface area contributed by atoms with Crippen LogP contribution in [0.15, 0.2) is 41.0 Å². The zero-order valence-electron chi connectivity index (χ0n) is 10.2. The summed E-state index contributed by atoms with van der Waals surface area (Å²) >= 11 is 5.81. The number of benzene rings is 1. The fourth-order valence-corrected chi connectivity index (χ4v) is 1.94. The second-order valence-corrected chi connectivity index (χ2v) is 4.41. The molecule has 0 aliphatic carbocycles. The molecule has 1 amide bonds. The van der Waals surface area contributed by atoms with E-state index >= 15 is 0 Å². The average molecular weight is 304 g/mol. The van der Waals surface area contributed by atoms with E-state index in [9.17, 15) is 18.0 Å². The summed E-state index contributed by atoms with van der Waals surface area (Å²) in [4.78, 5) is 13.1. The van der Waals surface area contributed by atoms with E-state index in [1.807, 2.05) is 0 Å². The second-order valence-electron chi connectivity index (χ2n) is 4.01. The number of carbonyl (C=O) groups excluding carboxylic acids is 1. The number of alkyl halides is 3. The van der Waals surface area contributed by atoms with Crippen LogP contribution in [0.4, 0.5) is 18.9 Å². The number of hydrogen-bond acceptors (Lipinski definition) is 2. The van der Waals surface area contributed by atoms with E-state index in [2.05, 4.69) is 0 Å². The number of hydrogen-bond donors (Lipinski definition) is 0. The van der Waals surface area contributed by atoms with Crippen molar-refractivity contribution in [1.29, 1.82) is 0 Å². The molecule has 1 aromatic heterocycles. The van der Waals surface area contributed by atoms with Gasteiger partial charge in [0.05, 0.1) is 22.5 Å². The highest BCUT2D eigenvalue weighted by Gasteiger charge is 2.31. The molecule has 0 unspecified atom stereocenters. The summed E-state index contributed by atoms with van der Waals surface area (Å²) in [6.07, 6.45) is -3.15. The molecule has 0 aliphatic rings. The van der Waals surface area contributed by atoms with Gasteiger partial charge in [-0.25, -0.2) is 0 Å². The topological polar surface area (TPSA) is 33.5 Å². The molecule has 1 heterocycles. The number of amides is 1. The number of rotatable bonds is 2. The Hall–Kier alpha value is -1.95. The maximum atomic E-state index is 12.5. The molecule has 7 heteroatoms. The number of nitrogens with zero attached hydrogens (tertiary/aromatic N) is 1. The van der Waals surface area contributed by atoms with Crippen LogP contribution in [-0.2, 0) is 6.18 Å². The van der Waals surface area contributed by atoms with Crippen molar-refractivity contribution in [2.75, 3.05) is 11.9 Å². The molecule has 0 atom stereocenters. The lowest BCUT2D eigenvalue weighted by molar-refractivity contribution is -0.137. The Morgan fingerprint density at radius 1 is 1.30 bits per heavy atom. The number of carbonyl (C=O) groups is 1. The molecule has 3 nitrogen and oxygen atoms in total. The summed E-state index contributed by atoms with van der Waals surface area (Å²) in [6.45, 7) is 0. The van der Waals surface area contributed by atoms with E-state index in [-0.39, 0.29) is 16.5 Å². The molecule has 106 valence electrons. The predicted octanol–water partition coefficient (Wildman–Crippen LogP) is 4.23. The molecule has 20 heavy (non-hydrogen) atoms. The van der Waals surface area contributed by atoms with Gasteiger partial charge in [0.2, 0.25) is 0 Å². The Bertz CT molecular complexity index is 623. The summed E-state index contributed by atoms with van der Waals surface area (Å²) in [7, 11) is 1.40. The van der Waals surface area contributed by atoms with Crippen LogP contribution in [0.25, 0.3) is 0 Å². The third-order valence-electron chi connectivity index (χ3n) is 2.67. The van der Waals surface area contributed by atoms with E-state index in [0.717, 1.165) is 23.1 Å². The van der Waals surface area contributed by atoms with Crippen LogP contribution < -0.4 is 4.90 Å². The van der Waals surface area contributed by atoms with Crippen molar-refractivity contribution >= 4 is 23.2 Å². The molecule has 0 N–H and O–H groups in total. The standard InChI is InChI=1S/C13H9ClF3NO2/c1-18(12(19)11-3-2-6-20-11)10-5-4-8(7-9(10)14)13(15,16)17/h2-7H,1H3.